The molecule has 0 radical (unpaired) electrons. The van der Waals surface area contributed by atoms with Crippen molar-refractivity contribution in [3.63, 3.8) is 0 Å². The van der Waals surface area contributed by atoms with Gasteiger partial charge in [-0.05, 0) is 123 Å². The fourth-order valence-electron chi connectivity index (χ4n) is 8.83. The molecule has 0 aliphatic carbocycles. The Bertz CT molecular complexity index is 1980. The zero-order chi connectivity index (χ0) is 64.8. The number of carboxylic acid groups (broad SMARTS) is 1. The molecule has 23 nitrogen and oxygen atoms in total. The van der Waals surface area contributed by atoms with Gasteiger partial charge in [-0.2, -0.15) is 0 Å². The number of hydrogen-bond acceptors (Lipinski definition) is 22. The standard InChI is InChI=1S/C8H12O5.C7H12O.C6H10O2.C6H12O2.2C6H10O2.C6H10O.2C5H8O2.2C4H6O2/c1-5-2-8(12,3-6(9)10)4-7(11)13-5;1-6-3-4-8-7(2)5-6;1-5-2-3-6(7)8-4-5;1-7-6-4-2-3-5-8-6;1-5-3-2-4-8-6(5)7;1-5-3-2-4-6(7)8-5;1-5-3-6(2)7-4-5;1-4-2-3-7-5(4)6;1-4-2-3-5(6)7-4;2*1-3-2-4(5)6-3/h5,12H,2-4H2,1H3,(H,9,10);6H,2-5H2,1H3;5H,2-4H2,1H3;6H,2-5H2,1H3;2*5H,2-4H2,1H3;5H,2-4H2,1H3;2*4H,2-3H2,1H3;2*3H,2H2,1H3. The van der Waals surface area contributed by atoms with Crippen LogP contribution in [0.3, 0.4) is 0 Å². The third kappa shape index (κ3) is 39.8. The van der Waals surface area contributed by atoms with Gasteiger partial charge < -0.3 is 67.1 Å². The van der Waals surface area contributed by atoms with Crippen molar-refractivity contribution >= 4 is 53.7 Å². The van der Waals surface area contributed by atoms with E-state index in [9.17, 15) is 48.3 Å². The van der Waals surface area contributed by atoms with Crippen molar-refractivity contribution in [2.75, 3.05) is 46.8 Å². The van der Waals surface area contributed by atoms with E-state index in [2.05, 4.69) is 48.1 Å². The predicted molar refractivity (Wildman–Crippen MR) is 313 cm³/mol. The lowest BCUT2D eigenvalue weighted by molar-refractivity contribution is -0.172. The van der Waals surface area contributed by atoms with E-state index in [-0.39, 0.29) is 97.2 Å². The molecule has 0 aromatic heterocycles. The maximum Gasteiger partial charge on any atom is 0.309 e. The molecule has 11 aliphatic rings. The molecular formula is C63H104O23. The smallest absolute Gasteiger partial charge is 0.309 e. The highest BCUT2D eigenvalue weighted by Crippen LogP contribution is 2.29. The van der Waals surface area contributed by atoms with Gasteiger partial charge in [-0.1, -0.05) is 47.8 Å². The van der Waals surface area contributed by atoms with E-state index in [0.717, 1.165) is 101 Å². The first-order chi connectivity index (χ1) is 40.5. The van der Waals surface area contributed by atoms with Crippen LogP contribution in [0.25, 0.3) is 0 Å². The van der Waals surface area contributed by atoms with Gasteiger partial charge >= 0.3 is 53.7 Å². The number of ether oxygens (including phenoxy) is 12. The molecular weight excluding hydrogens is 1120 g/mol. The first-order valence-electron chi connectivity index (χ1n) is 30.6. The zero-order valence-electron chi connectivity index (χ0n) is 53.3. The van der Waals surface area contributed by atoms with Crippen LogP contribution in [0.15, 0.2) is 24.7 Å². The predicted octanol–water partition coefficient (Wildman–Crippen LogP) is 9.53. The summed E-state index contributed by atoms with van der Waals surface area (Å²) in [6, 6.07) is 0. The highest BCUT2D eigenvalue weighted by atomic mass is 16.7. The van der Waals surface area contributed by atoms with Gasteiger partial charge in [-0.15, -0.1) is 0 Å². The van der Waals surface area contributed by atoms with Gasteiger partial charge in [0.1, 0.15) is 18.3 Å². The lowest BCUT2D eigenvalue weighted by atomic mass is 9.87. The van der Waals surface area contributed by atoms with E-state index in [1.165, 1.54) is 19.3 Å². The van der Waals surface area contributed by atoms with Crippen LogP contribution in [0, 0.1) is 29.6 Å². The Morgan fingerprint density at radius 3 is 1.27 bits per heavy atom. The molecule has 12 unspecified atom stereocenters. The number of aliphatic carboxylic acids is 1. The molecule has 494 valence electrons. The number of carbonyl (C=O) groups excluding carboxylic acids is 8. The summed E-state index contributed by atoms with van der Waals surface area (Å²) >= 11 is 0. The maximum atomic E-state index is 10.9. The highest BCUT2D eigenvalue weighted by molar-refractivity contribution is 5.76. The number of rotatable bonds is 3. The molecule has 0 aromatic rings. The van der Waals surface area contributed by atoms with Gasteiger partial charge in [0.15, 0.2) is 6.29 Å². The Kier molecular flexibility index (Phi) is 39.8. The van der Waals surface area contributed by atoms with Gasteiger partial charge in [0.25, 0.3) is 0 Å². The average molecular weight is 1230 g/mol. The van der Waals surface area contributed by atoms with Crippen LogP contribution in [0.5, 0.6) is 0 Å². The Balaban J connectivity index is 0.000000476. The van der Waals surface area contributed by atoms with Crippen LogP contribution in [0.4, 0.5) is 0 Å². The first-order valence-corrected chi connectivity index (χ1v) is 30.6. The fraction of sp³-hybridized carbons (Fsp3) is 0.794. The third-order valence-corrected chi connectivity index (χ3v) is 14.0. The molecule has 2 N–H and O–H groups in total. The lowest BCUT2D eigenvalue weighted by Crippen LogP contribution is -2.43. The second kappa shape index (κ2) is 43.8. The van der Waals surface area contributed by atoms with Gasteiger partial charge in [-0.25, -0.2) is 0 Å². The molecule has 11 aliphatic heterocycles. The van der Waals surface area contributed by atoms with Crippen molar-refractivity contribution in [3.05, 3.63) is 24.7 Å². The van der Waals surface area contributed by atoms with E-state index in [1.54, 1.807) is 14.0 Å². The van der Waals surface area contributed by atoms with Crippen molar-refractivity contribution in [2.24, 2.45) is 29.6 Å². The number of esters is 8. The molecule has 11 fully saturated rings. The average Bonchev–Trinajstić information content (AvgIpc) is 2.69. The summed E-state index contributed by atoms with van der Waals surface area (Å²) in [7, 11) is 1.69. The minimum absolute atomic E-state index is 0.0312. The van der Waals surface area contributed by atoms with Crippen LogP contribution >= 0.6 is 0 Å². The number of methoxy groups -OCH3 is 1. The van der Waals surface area contributed by atoms with Gasteiger partial charge in [0, 0.05) is 52.2 Å². The van der Waals surface area contributed by atoms with E-state index >= 15 is 0 Å². The molecule has 11 heterocycles. The summed E-state index contributed by atoms with van der Waals surface area (Å²) in [6.07, 6.45) is 16.7. The Hall–Kier alpha value is -5.81. The molecule has 0 spiro atoms. The number of hydrogen-bond donors (Lipinski definition) is 2. The second-order valence-corrected chi connectivity index (χ2v) is 23.6. The van der Waals surface area contributed by atoms with Crippen LogP contribution in [0.1, 0.15) is 204 Å². The van der Waals surface area contributed by atoms with Crippen LogP contribution < -0.4 is 0 Å². The molecule has 0 bridgehead atoms. The van der Waals surface area contributed by atoms with Crippen molar-refractivity contribution in [2.45, 2.75) is 246 Å². The summed E-state index contributed by atoms with van der Waals surface area (Å²) in [5, 5.41) is 18.2. The minimum Gasteiger partial charge on any atom is -0.499 e. The van der Waals surface area contributed by atoms with Gasteiger partial charge in [0.05, 0.1) is 99.9 Å². The summed E-state index contributed by atoms with van der Waals surface area (Å²) in [6.45, 7) is 31.4. The van der Waals surface area contributed by atoms with E-state index in [4.69, 9.17) is 47.7 Å². The van der Waals surface area contributed by atoms with E-state index in [1.807, 2.05) is 41.5 Å². The molecule has 11 saturated heterocycles. The molecule has 11 rings (SSSR count). The molecule has 0 aromatic carbocycles. The summed E-state index contributed by atoms with van der Waals surface area (Å²) in [4.78, 5) is 93.0. The van der Waals surface area contributed by atoms with Crippen molar-refractivity contribution in [1.29, 1.82) is 0 Å². The van der Waals surface area contributed by atoms with Crippen molar-refractivity contribution < 1.29 is 110 Å². The maximum absolute atomic E-state index is 10.9. The highest BCUT2D eigenvalue weighted by Gasteiger charge is 2.40. The quantitative estimate of drug-likeness (QED) is 0.196. The normalized spacial score (nSPS) is 30.8. The van der Waals surface area contributed by atoms with Gasteiger partial charge in [-0.3, -0.25) is 43.2 Å². The topological polar surface area (TPSA) is 305 Å². The monoisotopic (exact) mass is 1230 g/mol. The number of carboxylic acids is 1. The SMILES string of the molecule is C=C1CC(C)CCO1.C=C1CC(C)CO1.CC1CC(=O)O1.CC1CC(=O)O1.CC1CC(O)(CC(=O)O)CC(=O)O1.CC1CCC(=O)O1.CC1CCC(=O)OC1.CC1CCCC(=O)O1.CC1CCCOC1=O.CC1CCOC1=O.COC1CCCCO1. The molecule has 23 heteroatoms. The number of allylic oxidation sites excluding steroid dienone is 2. The zero-order valence-corrected chi connectivity index (χ0v) is 53.3. The van der Waals surface area contributed by atoms with Crippen LogP contribution in [-0.4, -0.2) is 153 Å². The third-order valence-electron chi connectivity index (χ3n) is 14.0. The lowest BCUT2D eigenvalue weighted by Gasteiger charge is -2.33. The first kappa shape index (κ1) is 78.2. The Morgan fingerprint density at radius 1 is 0.477 bits per heavy atom. The number of carbonyl (C=O) groups is 9. The molecule has 86 heavy (non-hydrogen) atoms. The van der Waals surface area contributed by atoms with Crippen molar-refractivity contribution in [3.8, 4) is 0 Å². The van der Waals surface area contributed by atoms with Crippen LogP contribution in [0.2, 0.25) is 0 Å². The Labute approximate surface area is 509 Å². The molecule has 0 amide bonds. The van der Waals surface area contributed by atoms with Crippen molar-refractivity contribution in [1.82, 2.24) is 0 Å². The second-order valence-electron chi connectivity index (χ2n) is 23.6. The summed E-state index contributed by atoms with van der Waals surface area (Å²) in [5.74, 6) is 2.30. The Morgan fingerprint density at radius 2 is 0.988 bits per heavy atom. The summed E-state index contributed by atoms with van der Waals surface area (Å²) in [5.41, 5.74) is -1.43. The van der Waals surface area contributed by atoms with E-state index in [0.29, 0.717) is 63.8 Å². The molecule has 0 saturated carbocycles. The largest absolute Gasteiger partial charge is 0.499 e. The molecule has 12 atom stereocenters. The van der Waals surface area contributed by atoms with Crippen LogP contribution in [-0.2, 0) is 100.0 Å². The number of cyclic esters (lactones) is 8. The summed E-state index contributed by atoms with van der Waals surface area (Å²) < 4.78 is 57.9. The fourth-order valence-corrected chi connectivity index (χ4v) is 8.83. The van der Waals surface area contributed by atoms with Gasteiger partial charge in [0.2, 0.25) is 0 Å². The van der Waals surface area contributed by atoms with E-state index < -0.39 is 30.1 Å². The minimum atomic E-state index is -1.43. The number of aliphatic hydroxyl groups is 1.